The fourth-order valence-electron chi connectivity index (χ4n) is 3.47. The molecule has 0 radical (unpaired) electrons. The Labute approximate surface area is 175 Å². The quantitative estimate of drug-likeness (QED) is 0.678. The number of hydrogen-bond donors (Lipinski definition) is 1. The molecular weight excluding hydrogens is 392 g/mol. The van der Waals surface area contributed by atoms with Crippen LogP contribution >= 0.6 is 0 Å². The summed E-state index contributed by atoms with van der Waals surface area (Å²) in [6.45, 7) is 1.39. The molecule has 6 nitrogen and oxygen atoms in total. The van der Waals surface area contributed by atoms with Crippen LogP contribution in [0.25, 0.3) is 0 Å². The number of methoxy groups -OCH3 is 1. The van der Waals surface area contributed by atoms with Crippen LogP contribution in [0.1, 0.15) is 5.56 Å². The third-order valence-electron chi connectivity index (χ3n) is 5.04. The topological polar surface area (TPSA) is 54.0 Å². The molecule has 0 aromatic heterocycles. The first-order chi connectivity index (χ1) is 14.5. The molecule has 0 bridgehead atoms. The molecule has 30 heavy (non-hydrogen) atoms. The lowest BCUT2D eigenvalue weighted by Crippen LogP contribution is -2.49. The molecule has 2 aromatic rings. The molecule has 8 heteroatoms. The van der Waals surface area contributed by atoms with Gasteiger partial charge in [0.05, 0.1) is 13.7 Å². The molecule has 1 heterocycles. The van der Waals surface area contributed by atoms with Gasteiger partial charge in [0.15, 0.2) is 11.5 Å². The van der Waals surface area contributed by atoms with Crippen molar-refractivity contribution in [2.24, 2.45) is 0 Å². The van der Waals surface area contributed by atoms with Gasteiger partial charge in [-0.05, 0) is 36.2 Å². The molecule has 1 aliphatic rings. The first kappa shape index (κ1) is 21.8. The zero-order chi connectivity index (χ0) is 21.3. The van der Waals surface area contributed by atoms with Gasteiger partial charge in [0.2, 0.25) is 5.91 Å². The van der Waals surface area contributed by atoms with Crippen molar-refractivity contribution >= 4 is 11.6 Å². The second-order valence-corrected chi connectivity index (χ2v) is 7.06. The van der Waals surface area contributed by atoms with E-state index in [9.17, 15) is 13.6 Å². The number of piperazine rings is 1. The maximum absolute atomic E-state index is 12.4. The SMILES string of the molecule is COc1cc(CCNC(=O)CN2CCN(c3ccccc3)CC2)ccc1OC(F)F. The van der Waals surface area contributed by atoms with Crippen molar-refractivity contribution in [1.29, 1.82) is 0 Å². The Morgan fingerprint density at radius 3 is 2.47 bits per heavy atom. The number of nitrogens with zero attached hydrogens (tertiary/aromatic N) is 2. The van der Waals surface area contributed by atoms with Crippen LogP contribution in [0.2, 0.25) is 0 Å². The van der Waals surface area contributed by atoms with Crippen LogP contribution in [0.5, 0.6) is 11.5 Å². The van der Waals surface area contributed by atoms with Gasteiger partial charge in [0.1, 0.15) is 0 Å². The first-order valence-corrected chi connectivity index (χ1v) is 9.96. The van der Waals surface area contributed by atoms with Gasteiger partial charge < -0.3 is 19.7 Å². The highest BCUT2D eigenvalue weighted by molar-refractivity contribution is 5.78. The zero-order valence-electron chi connectivity index (χ0n) is 17.0. The van der Waals surface area contributed by atoms with E-state index in [1.165, 1.54) is 18.9 Å². The normalized spacial score (nSPS) is 14.6. The fraction of sp³-hybridized carbons (Fsp3) is 0.409. The smallest absolute Gasteiger partial charge is 0.387 e. The lowest BCUT2D eigenvalue weighted by molar-refractivity contribution is -0.122. The summed E-state index contributed by atoms with van der Waals surface area (Å²) < 4.78 is 34.3. The average molecular weight is 419 g/mol. The summed E-state index contributed by atoms with van der Waals surface area (Å²) in [5, 5.41) is 2.92. The number of benzene rings is 2. The van der Waals surface area contributed by atoms with E-state index in [1.54, 1.807) is 12.1 Å². The second kappa shape index (κ2) is 10.8. The van der Waals surface area contributed by atoms with Crippen LogP contribution in [0.4, 0.5) is 14.5 Å². The van der Waals surface area contributed by atoms with Gasteiger partial charge in [-0.25, -0.2) is 0 Å². The first-order valence-electron chi connectivity index (χ1n) is 9.96. The Morgan fingerprint density at radius 2 is 1.80 bits per heavy atom. The van der Waals surface area contributed by atoms with E-state index in [2.05, 4.69) is 32.0 Å². The number of carbonyl (C=O) groups is 1. The van der Waals surface area contributed by atoms with Gasteiger partial charge in [-0.15, -0.1) is 0 Å². The Morgan fingerprint density at radius 1 is 1.07 bits per heavy atom. The number of rotatable bonds is 9. The predicted octanol–water partition coefficient (Wildman–Crippen LogP) is 2.78. The van der Waals surface area contributed by atoms with E-state index in [-0.39, 0.29) is 17.4 Å². The largest absolute Gasteiger partial charge is 0.493 e. The lowest BCUT2D eigenvalue weighted by Gasteiger charge is -2.35. The molecule has 0 spiro atoms. The summed E-state index contributed by atoms with van der Waals surface area (Å²) in [5.74, 6) is 0.220. The number of carbonyl (C=O) groups excluding carboxylic acids is 1. The summed E-state index contributed by atoms with van der Waals surface area (Å²) in [6.07, 6.45) is 0.568. The molecule has 1 saturated heterocycles. The Bertz CT molecular complexity index is 813. The number of halogens is 2. The van der Waals surface area contributed by atoms with E-state index < -0.39 is 6.61 Å². The minimum atomic E-state index is -2.90. The van der Waals surface area contributed by atoms with Crippen LogP contribution < -0.4 is 19.7 Å². The summed E-state index contributed by atoms with van der Waals surface area (Å²) in [7, 11) is 1.40. The van der Waals surface area contributed by atoms with Crippen LogP contribution in [-0.4, -0.2) is 63.8 Å². The van der Waals surface area contributed by atoms with Gasteiger partial charge in [0.25, 0.3) is 0 Å². The predicted molar refractivity (Wildman–Crippen MR) is 111 cm³/mol. The Kier molecular flexibility index (Phi) is 7.84. The van der Waals surface area contributed by atoms with Crippen LogP contribution in [0, 0.1) is 0 Å². The number of hydrogen-bond acceptors (Lipinski definition) is 5. The van der Waals surface area contributed by atoms with Crippen molar-refractivity contribution in [3.05, 3.63) is 54.1 Å². The average Bonchev–Trinajstić information content (AvgIpc) is 2.75. The standard InChI is InChI=1S/C22H27F2N3O3/c1-29-20-15-17(7-8-19(20)30-22(23)24)9-10-25-21(28)16-26-11-13-27(14-12-26)18-5-3-2-4-6-18/h2-8,15,22H,9-14,16H2,1H3,(H,25,28). The summed E-state index contributed by atoms with van der Waals surface area (Å²) >= 11 is 0. The van der Waals surface area contributed by atoms with Gasteiger partial charge >= 0.3 is 6.61 Å². The maximum Gasteiger partial charge on any atom is 0.387 e. The van der Waals surface area contributed by atoms with E-state index in [0.717, 1.165) is 31.7 Å². The monoisotopic (exact) mass is 419 g/mol. The van der Waals surface area contributed by atoms with Crippen molar-refractivity contribution in [1.82, 2.24) is 10.2 Å². The van der Waals surface area contributed by atoms with E-state index in [1.807, 2.05) is 18.2 Å². The van der Waals surface area contributed by atoms with E-state index in [0.29, 0.717) is 19.5 Å². The number of nitrogens with one attached hydrogen (secondary N) is 1. The third kappa shape index (κ3) is 6.32. The molecular formula is C22H27F2N3O3. The number of amides is 1. The number of para-hydroxylation sites is 1. The van der Waals surface area contributed by atoms with Crippen molar-refractivity contribution in [3.8, 4) is 11.5 Å². The molecule has 0 atom stereocenters. The molecule has 0 saturated carbocycles. The lowest BCUT2D eigenvalue weighted by atomic mass is 10.1. The summed E-state index contributed by atoms with van der Waals surface area (Å²) in [6, 6.07) is 15.1. The molecule has 1 fully saturated rings. The molecule has 0 aliphatic carbocycles. The Hall–Kier alpha value is -2.87. The highest BCUT2D eigenvalue weighted by Crippen LogP contribution is 2.29. The van der Waals surface area contributed by atoms with Crippen LogP contribution in [0.15, 0.2) is 48.5 Å². The van der Waals surface area contributed by atoms with Gasteiger partial charge in [-0.1, -0.05) is 24.3 Å². The molecule has 1 aliphatic heterocycles. The molecule has 0 unspecified atom stereocenters. The third-order valence-corrected chi connectivity index (χ3v) is 5.04. The van der Waals surface area contributed by atoms with Gasteiger partial charge in [0, 0.05) is 38.4 Å². The number of alkyl halides is 2. The minimum absolute atomic E-state index is 0.00469. The molecule has 3 rings (SSSR count). The zero-order valence-corrected chi connectivity index (χ0v) is 17.0. The van der Waals surface area contributed by atoms with Crippen molar-refractivity contribution in [3.63, 3.8) is 0 Å². The maximum atomic E-state index is 12.4. The fourth-order valence-corrected chi connectivity index (χ4v) is 3.47. The molecule has 1 amide bonds. The van der Waals surface area contributed by atoms with Gasteiger partial charge in [-0.3, -0.25) is 9.69 Å². The van der Waals surface area contributed by atoms with E-state index >= 15 is 0 Å². The second-order valence-electron chi connectivity index (χ2n) is 7.06. The molecule has 2 aromatic carbocycles. The summed E-state index contributed by atoms with van der Waals surface area (Å²) in [4.78, 5) is 16.7. The Balaban J connectivity index is 1.39. The number of anilines is 1. The molecule has 162 valence electrons. The minimum Gasteiger partial charge on any atom is -0.493 e. The van der Waals surface area contributed by atoms with Crippen molar-refractivity contribution in [2.75, 3.05) is 51.3 Å². The van der Waals surface area contributed by atoms with Crippen LogP contribution in [0.3, 0.4) is 0 Å². The van der Waals surface area contributed by atoms with Crippen molar-refractivity contribution < 1.29 is 23.0 Å². The van der Waals surface area contributed by atoms with Crippen molar-refractivity contribution in [2.45, 2.75) is 13.0 Å². The highest BCUT2D eigenvalue weighted by atomic mass is 19.3. The molecule has 1 N–H and O–H groups in total. The van der Waals surface area contributed by atoms with E-state index in [4.69, 9.17) is 4.74 Å². The van der Waals surface area contributed by atoms with Gasteiger partial charge in [-0.2, -0.15) is 8.78 Å². The number of ether oxygens (including phenoxy) is 2. The summed E-state index contributed by atoms with van der Waals surface area (Å²) in [5.41, 5.74) is 2.08. The van der Waals surface area contributed by atoms with Crippen LogP contribution in [-0.2, 0) is 11.2 Å². The highest BCUT2D eigenvalue weighted by Gasteiger charge is 2.19.